The van der Waals surface area contributed by atoms with Gasteiger partial charge in [-0.05, 0) is 23.8 Å². The highest BCUT2D eigenvalue weighted by atomic mass is 15.1. The van der Waals surface area contributed by atoms with Crippen LogP contribution in [-0.4, -0.2) is 24.3 Å². The molecule has 8 nitrogen and oxygen atoms in total. The molecule has 0 fully saturated rings. The van der Waals surface area contributed by atoms with E-state index in [1.165, 1.54) is 0 Å². The summed E-state index contributed by atoms with van der Waals surface area (Å²) in [5.41, 5.74) is 9.63. The van der Waals surface area contributed by atoms with E-state index >= 15 is 0 Å². The standard InChI is InChI=1S/C18H14N8/c19-7-14-3-2-13(9-22-14)15-10-23-17(20)18(25-15)24-8-12-1-4-16-21-5-6-26(16)11-12/h1-6,9-11H,8H2,(H2,20,23)(H,24,25). The normalized spacial score (nSPS) is 10.6. The van der Waals surface area contributed by atoms with Crippen LogP contribution in [0.3, 0.4) is 0 Å². The zero-order valence-electron chi connectivity index (χ0n) is 13.7. The van der Waals surface area contributed by atoms with Crippen molar-refractivity contribution in [1.29, 1.82) is 5.26 Å². The number of nitrogen functional groups attached to an aromatic ring is 1. The number of aromatic nitrogens is 5. The summed E-state index contributed by atoms with van der Waals surface area (Å²) in [4.78, 5) is 17.0. The summed E-state index contributed by atoms with van der Waals surface area (Å²) in [6, 6.07) is 9.35. The number of rotatable bonds is 4. The van der Waals surface area contributed by atoms with Gasteiger partial charge in [-0.15, -0.1) is 0 Å². The van der Waals surface area contributed by atoms with E-state index in [0.29, 0.717) is 29.6 Å². The van der Waals surface area contributed by atoms with Crippen molar-refractivity contribution >= 4 is 17.3 Å². The van der Waals surface area contributed by atoms with Gasteiger partial charge in [-0.3, -0.25) is 0 Å². The Balaban J connectivity index is 1.56. The fourth-order valence-electron chi connectivity index (χ4n) is 2.54. The van der Waals surface area contributed by atoms with Crippen molar-refractivity contribution in [2.75, 3.05) is 11.1 Å². The van der Waals surface area contributed by atoms with E-state index in [1.807, 2.05) is 35.0 Å². The first-order valence-corrected chi connectivity index (χ1v) is 7.87. The smallest absolute Gasteiger partial charge is 0.169 e. The van der Waals surface area contributed by atoms with Crippen LogP contribution in [0.5, 0.6) is 0 Å². The minimum atomic E-state index is 0.319. The average molecular weight is 342 g/mol. The van der Waals surface area contributed by atoms with Gasteiger partial charge in [0.2, 0.25) is 0 Å². The summed E-state index contributed by atoms with van der Waals surface area (Å²) in [6.45, 7) is 0.544. The van der Waals surface area contributed by atoms with Crippen LogP contribution in [0.2, 0.25) is 0 Å². The van der Waals surface area contributed by atoms with Crippen molar-refractivity contribution in [2.24, 2.45) is 0 Å². The molecule has 0 bridgehead atoms. The van der Waals surface area contributed by atoms with E-state index in [4.69, 9.17) is 11.0 Å². The Morgan fingerprint density at radius 1 is 1.12 bits per heavy atom. The predicted octanol–water partition coefficient (Wildman–Crippen LogP) is 2.25. The molecule has 0 saturated heterocycles. The molecule has 0 aliphatic heterocycles. The van der Waals surface area contributed by atoms with Gasteiger partial charge in [0, 0.05) is 36.9 Å². The third-order valence-electron chi connectivity index (χ3n) is 3.88. The second kappa shape index (κ2) is 6.49. The number of imidazole rings is 1. The second-order valence-corrected chi connectivity index (χ2v) is 5.62. The van der Waals surface area contributed by atoms with Crippen molar-refractivity contribution < 1.29 is 0 Å². The topological polar surface area (TPSA) is 118 Å². The lowest BCUT2D eigenvalue weighted by molar-refractivity contribution is 1.05. The first kappa shape index (κ1) is 15.5. The Kier molecular flexibility index (Phi) is 3.88. The minimum absolute atomic E-state index is 0.319. The van der Waals surface area contributed by atoms with Gasteiger partial charge in [0.1, 0.15) is 17.4 Å². The molecule has 0 aromatic carbocycles. The molecular formula is C18H14N8. The number of pyridine rings is 2. The number of hydrogen-bond donors (Lipinski definition) is 2. The van der Waals surface area contributed by atoms with E-state index in [9.17, 15) is 0 Å². The third kappa shape index (κ3) is 3.01. The summed E-state index contributed by atoms with van der Waals surface area (Å²) in [7, 11) is 0. The number of hydrogen-bond acceptors (Lipinski definition) is 7. The van der Waals surface area contributed by atoms with Crippen LogP contribution in [0.4, 0.5) is 11.6 Å². The monoisotopic (exact) mass is 342 g/mol. The molecule has 26 heavy (non-hydrogen) atoms. The SMILES string of the molecule is N#Cc1ccc(-c2cnc(N)c(NCc3ccc4nccn4c3)n2)cn1. The van der Waals surface area contributed by atoms with E-state index < -0.39 is 0 Å². The number of anilines is 2. The molecular weight excluding hydrogens is 328 g/mol. The van der Waals surface area contributed by atoms with Gasteiger partial charge in [-0.25, -0.2) is 19.9 Å². The Labute approximate surface area is 149 Å². The van der Waals surface area contributed by atoms with Gasteiger partial charge in [-0.1, -0.05) is 6.07 Å². The van der Waals surface area contributed by atoms with E-state index in [-0.39, 0.29) is 0 Å². The summed E-state index contributed by atoms with van der Waals surface area (Å²) >= 11 is 0. The molecule has 4 heterocycles. The van der Waals surface area contributed by atoms with E-state index in [2.05, 4.69) is 25.3 Å². The van der Waals surface area contributed by atoms with Crippen molar-refractivity contribution in [3.05, 3.63) is 66.5 Å². The van der Waals surface area contributed by atoms with Crippen LogP contribution in [0.25, 0.3) is 16.9 Å². The lowest BCUT2D eigenvalue weighted by atomic mass is 10.2. The van der Waals surface area contributed by atoms with Gasteiger partial charge < -0.3 is 15.5 Å². The van der Waals surface area contributed by atoms with Crippen molar-refractivity contribution in [3.63, 3.8) is 0 Å². The molecule has 0 aliphatic rings. The van der Waals surface area contributed by atoms with Crippen LogP contribution in [-0.2, 0) is 6.54 Å². The third-order valence-corrected chi connectivity index (χ3v) is 3.88. The Morgan fingerprint density at radius 3 is 2.85 bits per heavy atom. The highest BCUT2D eigenvalue weighted by Crippen LogP contribution is 2.21. The number of nitrogens with one attached hydrogen (secondary N) is 1. The second-order valence-electron chi connectivity index (χ2n) is 5.62. The molecule has 0 radical (unpaired) electrons. The number of fused-ring (bicyclic) bond motifs is 1. The van der Waals surface area contributed by atoms with Crippen LogP contribution in [0.15, 0.2) is 55.2 Å². The molecule has 0 unspecified atom stereocenters. The van der Waals surface area contributed by atoms with Gasteiger partial charge in [0.25, 0.3) is 0 Å². The zero-order chi connectivity index (χ0) is 17.9. The van der Waals surface area contributed by atoms with E-state index in [1.54, 1.807) is 30.7 Å². The highest BCUT2D eigenvalue weighted by Gasteiger charge is 2.08. The molecule has 126 valence electrons. The van der Waals surface area contributed by atoms with Gasteiger partial charge in [-0.2, -0.15) is 5.26 Å². The molecule has 0 spiro atoms. The lowest BCUT2D eigenvalue weighted by Crippen LogP contribution is -2.07. The molecule has 0 saturated carbocycles. The number of nitrogens with two attached hydrogens (primary N) is 1. The number of nitriles is 1. The average Bonchev–Trinajstić information content (AvgIpc) is 3.15. The highest BCUT2D eigenvalue weighted by molar-refractivity contribution is 5.65. The molecule has 4 aromatic rings. The maximum absolute atomic E-state index is 8.84. The van der Waals surface area contributed by atoms with Gasteiger partial charge >= 0.3 is 0 Å². The Morgan fingerprint density at radius 2 is 2.04 bits per heavy atom. The molecule has 0 aliphatic carbocycles. The quantitative estimate of drug-likeness (QED) is 0.584. The molecule has 4 rings (SSSR count). The van der Waals surface area contributed by atoms with Crippen molar-refractivity contribution in [2.45, 2.75) is 6.54 Å². The van der Waals surface area contributed by atoms with Crippen molar-refractivity contribution in [3.8, 4) is 17.3 Å². The molecule has 4 aromatic heterocycles. The van der Waals surface area contributed by atoms with Crippen LogP contribution < -0.4 is 11.1 Å². The Bertz CT molecular complexity index is 1110. The van der Waals surface area contributed by atoms with Crippen molar-refractivity contribution in [1.82, 2.24) is 24.3 Å². The molecule has 0 amide bonds. The van der Waals surface area contributed by atoms with Crippen LogP contribution in [0, 0.1) is 11.3 Å². The first-order chi connectivity index (χ1) is 12.7. The lowest BCUT2D eigenvalue weighted by Gasteiger charge is -2.10. The maximum atomic E-state index is 8.84. The fraction of sp³-hybridized carbons (Fsp3) is 0.0556. The summed E-state index contributed by atoms with van der Waals surface area (Å²) < 4.78 is 1.95. The zero-order valence-corrected chi connectivity index (χ0v) is 13.7. The molecule has 3 N–H and O–H groups in total. The first-order valence-electron chi connectivity index (χ1n) is 7.87. The van der Waals surface area contributed by atoms with Gasteiger partial charge in [0.15, 0.2) is 11.6 Å². The van der Waals surface area contributed by atoms with Crippen LogP contribution >= 0.6 is 0 Å². The maximum Gasteiger partial charge on any atom is 0.169 e. The summed E-state index contributed by atoms with van der Waals surface area (Å²) in [5.74, 6) is 0.816. The predicted molar refractivity (Wildman–Crippen MR) is 96.9 cm³/mol. The molecule has 8 heteroatoms. The largest absolute Gasteiger partial charge is 0.381 e. The summed E-state index contributed by atoms with van der Waals surface area (Å²) in [5, 5.41) is 12.1. The Hall–Kier alpha value is -3.99. The van der Waals surface area contributed by atoms with Gasteiger partial charge in [0.05, 0.1) is 11.9 Å². The number of nitrogens with zero attached hydrogens (tertiary/aromatic N) is 6. The van der Waals surface area contributed by atoms with Crippen LogP contribution in [0.1, 0.15) is 11.3 Å². The van der Waals surface area contributed by atoms with E-state index in [0.717, 1.165) is 16.8 Å². The molecule has 0 atom stereocenters. The summed E-state index contributed by atoms with van der Waals surface area (Å²) in [6.07, 6.45) is 8.82. The minimum Gasteiger partial charge on any atom is -0.381 e. The fourth-order valence-corrected chi connectivity index (χ4v) is 2.54.